The first kappa shape index (κ1) is 15.0. The highest BCUT2D eigenvalue weighted by Crippen LogP contribution is 2.20. The quantitative estimate of drug-likeness (QED) is 0.846. The Morgan fingerprint density at radius 1 is 1.50 bits per heavy atom. The molecular formula is C13H17NO5S. The molecule has 0 aliphatic carbocycles. The molecule has 7 heteroatoms. The minimum absolute atomic E-state index is 0.0341. The van der Waals surface area contributed by atoms with Crippen molar-refractivity contribution in [3.8, 4) is 0 Å². The minimum atomic E-state index is -3.74. The third-order valence-electron chi connectivity index (χ3n) is 3.24. The second-order valence-corrected chi connectivity index (χ2v) is 6.35. The Balaban J connectivity index is 2.37. The molecule has 2 N–H and O–H groups in total. The molecule has 1 saturated heterocycles. The van der Waals surface area contributed by atoms with Crippen molar-refractivity contribution >= 4 is 16.0 Å². The molecule has 1 aromatic carbocycles. The Morgan fingerprint density at radius 3 is 2.80 bits per heavy atom. The number of hydrogen-bond acceptors (Lipinski definition) is 4. The van der Waals surface area contributed by atoms with Crippen LogP contribution in [0.5, 0.6) is 0 Å². The molecule has 6 nitrogen and oxygen atoms in total. The third-order valence-corrected chi connectivity index (χ3v) is 4.84. The van der Waals surface area contributed by atoms with E-state index in [0.717, 1.165) is 0 Å². The van der Waals surface area contributed by atoms with Gasteiger partial charge in [0, 0.05) is 12.6 Å². The van der Waals surface area contributed by atoms with Gasteiger partial charge in [0.25, 0.3) is 0 Å². The van der Waals surface area contributed by atoms with Crippen LogP contribution in [0.1, 0.15) is 29.3 Å². The third kappa shape index (κ3) is 3.17. The van der Waals surface area contributed by atoms with E-state index in [-0.39, 0.29) is 16.5 Å². The van der Waals surface area contributed by atoms with Crippen LogP contribution in [-0.4, -0.2) is 38.7 Å². The summed E-state index contributed by atoms with van der Waals surface area (Å²) in [5.41, 5.74) is 0.562. The van der Waals surface area contributed by atoms with Crippen LogP contribution >= 0.6 is 0 Å². The maximum Gasteiger partial charge on any atom is 0.335 e. The van der Waals surface area contributed by atoms with Gasteiger partial charge < -0.3 is 9.84 Å². The van der Waals surface area contributed by atoms with Gasteiger partial charge in [-0.2, -0.15) is 0 Å². The molecule has 1 aliphatic rings. The molecule has 0 radical (unpaired) electrons. The van der Waals surface area contributed by atoms with E-state index >= 15 is 0 Å². The Morgan fingerprint density at radius 2 is 2.25 bits per heavy atom. The molecule has 0 spiro atoms. The molecule has 0 aromatic heterocycles. The second kappa shape index (κ2) is 5.90. The molecule has 1 atom stereocenters. The fraction of sp³-hybridized carbons (Fsp3) is 0.462. The molecule has 1 heterocycles. The summed E-state index contributed by atoms with van der Waals surface area (Å²) < 4.78 is 32.5. The standard InChI is InChI=1S/C13H17NO5S/c1-2-9-3-4-10(13(15)16)7-12(9)20(17,18)14-11-5-6-19-8-11/h3-4,7,11,14H,2,5-6,8H2,1H3,(H,15,16). The van der Waals surface area contributed by atoms with Gasteiger partial charge in [0.2, 0.25) is 10.0 Å². The number of aryl methyl sites for hydroxylation is 1. The number of carboxylic acid groups (broad SMARTS) is 1. The number of ether oxygens (including phenoxy) is 1. The number of aromatic carboxylic acids is 1. The summed E-state index contributed by atoms with van der Waals surface area (Å²) >= 11 is 0. The number of nitrogens with one attached hydrogen (secondary N) is 1. The number of hydrogen-bond donors (Lipinski definition) is 2. The van der Waals surface area contributed by atoms with Gasteiger partial charge in [-0.1, -0.05) is 13.0 Å². The number of benzene rings is 1. The molecule has 1 unspecified atom stereocenters. The Hall–Kier alpha value is -1.44. The fourth-order valence-electron chi connectivity index (χ4n) is 2.14. The molecule has 1 aromatic rings. The summed E-state index contributed by atoms with van der Waals surface area (Å²) in [6.45, 7) is 2.70. The summed E-state index contributed by atoms with van der Waals surface area (Å²) in [7, 11) is -3.74. The van der Waals surface area contributed by atoms with Crippen LogP contribution in [0.25, 0.3) is 0 Å². The van der Waals surface area contributed by atoms with Crippen LogP contribution in [0, 0.1) is 0 Å². The lowest BCUT2D eigenvalue weighted by atomic mass is 10.1. The number of carboxylic acids is 1. The highest BCUT2D eigenvalue weighted by atomic mass is 32.2. The lowest BCUT2D eigenvalue weighted by Gasteiger charge is -2.14. The van der Waals surface area contributed by atoms with Crippen LogP contribution < -0.4 is 4.72 Å². The van der Waals surface area contributed by atoms with Gasteiger partial charge in [0.05, 0.1) is 17.1 Å². The second-order valence-electron chi connectivity index (χ2n) is 4.66. The smallest absolute Gasteiger partial charge is 0.335 e. The highest BCUT2D eigenvalue weighted by molar-refractivity contribution is 7.89. The van der Waals surface area contributed by atoms with Crippen LogP contribution in [0.15, 0.2) is 23.1 Å². The van der Waals surface area contributed by atoms with E-state index in [2.05, 4.69) is 4.72 Å². The van der Waals surface area contributed by atoms with Crippen molar-refractivity contribution in [3.05, 3.63) is 29.3 Å². The van der Waals surface area contributed by atoms with E-state index in [0.29, 0.717) is 31.6 Å². The lowest BCUT2D eigenvalue weighted by molar-refractivity contribution is 0.0696. The minimum Gasteiger partial charge on any atom is -0.478 e. The molecule has 1 aliphatic heterocycles. The topological polar surface area (TPSA) is 92.7 Å². The highest BCUT2D eigenvalue weighted by Gasteiger charge is 2.25. The van der Waals surface area contributed by atoms with Gasteiger partial charge in [-0.25, -0.2) is 17.9 Å². The van der Waals surface area contributed by atoms with Crippen LogP contribution in [0.2, 0.25) is 0 Å². The number of sulfonamides is 1. The van der Waals surface area contributed by atoms with Crippen LogP contribution in [0.4, 0.5) is 0 Å². The summed E-state index contributed by atoms with van der Waals surface area (Å²) in [6.07, 6.45) is 1.14. The normalized spacial score (nSPS) is 19.1. The lowest BCUT2D eigenvalue weighted by Crippen LogP contribution is -2.35. The maximum absolute atomic E-state index is 12.4. The Kier molecular flexibility index (Phi) is 4.42. The first-order chi connectivity index (χ1) is 9.44. The van der Waals surface area contributed by atoms with Crippen molar-refractivity contribution < 1.29 is 23.1 Å². The van der Waals surface area contributed by atoms with Crippen molar-refractivity contribution in [3.63, 3.8) is 0 Å². The van der Waals surface area contributed by atoms with Crippen LogP contribution in [-0.2, 0) is 21.2 Å². The van der Waals surface area contributed by atoms with Crippen molar-refractivity contribution in [2.75, 3.05) is 13.2 Å². The summed E-state index contributed by atoms with van der Waals surface area (Å²) in [5, 5.41) is 8.99. The summed E-state index contributed by atoms with van der Waals surface area (Å²) in [6, 6.07) is 3.92. The molecule has 1 fully saturated rings. The first-order valence-corrected chi connectivity index (χ1v) is 7.88. The van der Waals surface area contributed by atoms with Crippen LogP contribution in [0.3, 0.4) is 0 Å². The largest absolute Gasteiger partial charge is 0.478 e. The Labute approximate surface area is 117 Å². The van der Waals surface area contributed by atoms with E-state index in [9.17, 15) is 13.2 Å². The summed E-state index contributed by atoms with van der Waals surface area (Å²) in [4.78, 5) is 11.0. The predicted molar refractivity (Wildman–Crippen MR) is 72.3 cm³/mol. The van der Waals surface area contributed by atoms with E-state index in [1.54, 1.807) is 6.07 Å². The monoisotopic (exact) mass is 299 g/mol. The zero-order chi connectivity index (χ0) is 14.8. The van der Waals surface area contributed by atoms with E-state index in [1.807, 2.05) is 6.92 Å². The zero-order valence-electron chi connectivity index (χ0n) is 11.1. The molecule has 20 heavy (non-hydrogen) atoms. The van der Waals surface area contributed by atoms with E-state index in [1.165, 1.54) is 12.1 Å². The molecular weight excluding hydrogens is 282 g/mol. The molecule has 2 rings (SSSR count). The average Bonchev–Trinajstić information content (AvgIpc) is 2.90. The van der Waals surface area contributed by atoms with Gasteiger partial charge in [0.1, 0.15) is 0 Å². The average molecular weight is 299 g/mol. The predicted octanol–water partition coefficient (Wildman–Crippen LogP) is 1.01. The SMILES string of the molecule is CCc1ccc(C(=O)O)cc1S(=O)(=O)NC1CCOC1. The number of rotatable bonds is 5. The van der Waals surface area contributed by atoms with E-state index < -0.39 is 16.0 Å². The zero-order valence-corrected chi connectivity index (χ0v) is 11.9. The van der Waals surface area contributed by atoms with Gasteiger partial charge in [-0.05, 0) is 30.5 Å². The van der Waals surface area contributed by atoms with Crippen molar-refractivity contribution in [1.29, 1.82) is 0 Å². The fourth-order valence-corrected chi connectivity index (χ4v) is 3.73. The van der Waals surface area contributed by atoms with Gasteiger partial charge in [-0.3, -0.25) is 0 Å². The van der Waals surface area contributed by atoms with Crippen molar-refractivity contribution in [2.24, 2.45) is 0 Å². The van der Waals surface area contributed by atoms with Gasteiger partial charge >= 0.3 is 5.97 Å². The first-order valence-electron chi connectivity index (χ1n) is 6.40. The van der Waals surface area contributed by atoms with E-state index in [4.69, 9.17) is 9.84 Å². The van der Waals surface area contributed by atoms with Crippen molar-refractivity contribution in [1.82, 2.24) is 4.72 Å². The molecule has 0 amide bonds. The maximum atomic E-state index is 12.4. The molecule has 0 bridgehead atoms. The van der Waals surface area contributed by atoms with Gasteiger partial charge in [-0.15, -0.1) is 0 Å². The summed E-state index contributed by atoms with van der Waals surface area (Å²) in [5.74, 6) is -1.15. The van der Waals surface area contributed by atoms with Gasteiger partial charge in [0.15, 0.2) is 0 Å². The van der Waals surface area contributed by atoms with Crippen molar-refractivity contribution in [2.45, 2.75) is 30.7 Å². The number of carbonyl (C=O) groups is 1. The molecule has 110 valence electrons. The molecule has 0 saturated carbocycles. The Bertz CT molecular complexity index is 605.